The molecule has 43 heavy (non-hydrogen) atoms. The normalized spacial score (nSPS) is 19.7. The van der Waals surface area contributed by atoms with Crippen LogP contribution in [0.3, 0.4) is 0 Å². The average Bonchev–Trinajstić information content (AvgIpc) is 3.62. The van der Waals surface area contributed by atoms with Crippen LogP contribution in [0.15, 0.2) is 42.5 Å². The summed E-state index contributed by atoms with van der Waals surface area (Å²) in [4.78, 5) is 59.3. The summed E-state index contributed by atoms with van der Waals surface area (Å²) in [6.07, 6.45) is -0.0530. The van der Waals surface area contributed by atoms with Crippen LogP contribution in [0.4, 0.5) is 0 Å². The molecule has 2 aliphatic heterocycles. The van der Waals surface area contributed by atoms with Crippen molar-refractivity contribution in [2.45, 2.75) is 26.9 Å². The third kappa shape index (κ3) is 6.30. The number of aryl methyl sites for hydroxylation is 1. The minimum atomic E-state index is -0.590. The van der Waals surface area contributed by atoms with Crippen LogP contribution in [-0.4, -0.2) is 91.4 Å². The quantitative estimate of drug-likeness (QED) is 0.370. The number of likely N-dealkylation sites (N-methyl/N-ethyl adjacent to an activating group) is 1. The number of rotatable bonds is 8. The van der Waals surface area contributed by atoms with Crippen molar-refractivity contribution in [3.05, 3.63) is 59.3 Å². The lowest BCUT2D eigenvalue weighted by molar-refractivity contribution is -0.131. The zero-order valence-electron chi connectivity index (χ0n) is 25.2. The van der Waals surface area contributed by atoms with Crippen LogP contribution in [-0.2, 0) is 9.59 Å². The molecule has 3 N–H and O–H groups in total. The second-order valence-electron chi connectivity index (χ2n) is 11.6. The second-order valence-corrected chi connectivity index (χ2v) is 11.6. The first-order valence-corrected chi connectivity index (χ1v) is 14.6. The zero-order chi connectivity index (χ0) is 30.8. The first-order chi connectivity index (χ1) is 20.6. The Bertz CT molecular complexity index is 1550. The third-order valence-corrected chi connectivity index (χ3v) is 8.27. The fourth-order valence-corrected chi connectivity index (χ4v) is 6.14. The van der Waals surface area contributed by atoms with Crippen molar-refractivity contribution in [2.24, 2.45) is 17.8 Å². The summed E-state index contributed by atoms with van der Waals surface area (Å²) in [6.45, 7) is 7.02. The maximum atomic E-state index is 13.7. The van der Waals surface area contributed by atoms with E-state index in [9.17, 15) is 19.2 Å². The molecular weight excluding hydrogens is 550 g/mol. The van der Waals surface area contributed by atoms with Gasteiger partial charge in [0.15, 0.2) is 11.5 Å². The molecule has 5 rings (SSSR count). The van der Waals surface area contributed by atoms with Crippen LogP contribution < -0.4 is 20.1 Å². The Balaban J connectivity index is 1.38. The van der Waals surface area contributed by atoms with E-state index in [-0.39, 0.29) is 54.7 Å². The molecule has 4 amide bonds. The molecule has 2 fully saturated rings. The van der Waals surface area contributed by atoms with Crippen molar-refractivity contribution in [2.75, 3.05) is 46.9 Å². The lowest BCUT2D eigenvalue weighted by Gasteiger charge is -2.39. The molecule has 3 aromatic rings. The van der Waals surface area contributed by atoms with Gasteiger partial charge in [-0.1, -0.05) is 11.6 Å². The van der Waals surface area contributed by atoms with E-state index in [0.29, 0.717) is 42.4 Å². The van der Waals surface area contributed by atoms with Gasteiger partial charge < -0.3 is 34.9 Å². The number of aromatic nitrogens is 1. The minimum absolute atomic E-state index is 0.0530. The van der Waals surface area contributed by atoms with Crippen molar-refractivity contribution < 1.29 is 28.7 Å². The number of methoxy groups -OCH3 is 1. The molecule has 3 heterocycles. The Morgan fingerprint density at radius 1 is 0.953 bits per heavy atom. The molecule has 0 bridgehead atoms. The van der Waals surface area contributed by atoms with E-state index in [1.165, 1.54) is 14.2 Å². The molecule has 11 nitrogen and oxygen atoms in total. The minimum Gasteiger partial charge on any atom is -0.493 e. The predicted octanol–water partition coefficient (Wildman–Crippen LogP) is 2.59. The highest BCUT2D eigenvalue weighted by Crippen LogP contribution is 2.37. The number of amides is 4. The topological polar surface area (TPSA) is 133 Å². The number of nitrogens with zero attached hydrogens (tertiary/aromatic N) is 2. The molecule has 0 saturated carbocycles. The van der Waals surface area contributed by atoms with Crippen LogP contribution in [0.5, 0.6) is 11.5 Å². The van der Waals surface area contributed by atoms with Gasteiger partial charge in [0, 0.05) is 49.7 Å². The Hall–Kier alpha value is -4.54. The van der Waals surface area contributed by atoms with Crippen LogP contribution >= 0.6 is 0 Å². The third-order valence-electron chi connectivity index (χ3n) is 8.27. The van der Waals surface area contributed by atoms with Gasteiger partial charge in [-0.15, -0.1) is 0 Å². The number of H-pyrrole nitrogens is 1. The van der Waals surface area contributed by atoms with Crippen LogP contribution in [0.2, 0.25) is 0 Å². The summed E-state index contributed by atoms with van der Waals surface area (Å²) in [6, 6.07) is 12.9. The average molecular weight is 590 g/mol. The Morgan fingerprint density at radius 2 is 1.70 bits per heavy atom. The van der Waals surface area contributed by atoms with Crippen LogP contribution in [0.1, 0.15) is 40.3 Å². The summed E-state index contributed by atoms with van der Waals surface area (Å²) >= 11 is 0. The van der Waals surface area contributed by atoms with Gasteiger partial charge in [0.05, 0.1) is 25.7 Å². The van der Waals surface area contributed by atoms with E-state index in [2.05, 4.69) is 15.6 Å². The van der Waals surface area contributed by atoms with E-state index in [4.69, 9.17) is 9.47 Å². The second kappa shape index (κ2) is 12.4. The SMILES string of the molecule is CNC(=O)CNC(=O)C1CN(C(=O)c2cc3cc(C)ccc3[nH]2)CC2CN(C(=O)c3ccc(OC(C)C)c(OC)c3)CC21. The van der Waals surface area contributed by atoms with Crippen molar-refractivity contribution >= 4 is 34.5 Å². The lowest BCUT2D eigenvalue weighted by atomic mass is 9.79. The van der Waals surface area contributed by atoms with Crippen molar-refractivity contribution in [3.63, 3.8) is 0 Å². The molecule has 11 heteroatoms. The summed E-state index contributed by atoms with van der Waals surface area (Å²) in [5.74, 6) is -0.871. The number of nitrogens with one attached hydrogen (secondary N) is 3. The van der Waals surface area contributed by atoms with Gasteiger partial charge in [-0.2, -0.15) is 0 Å². The summed E-state index contributed by atoms with van der Waals surface area (Å²) < 4.78 is 11.3. The number of carbonyl (C=O) groups excluding carboxylic acids is 4. The number of hydrogen-bond acceptors (Lipinski definition) is 6. The molecule has 0 spiro atoms. The molecule has 2 aromatic carbocycles. The summed E-state index contributed by atoms with van der Waals surface area (Å²) in [5, 5.41) is 6.17. The number of piperidine rings is 1. The smallest absolute Gasteiger partial charge is 0.270 e. The Kier molecular flexibility index (Phi) is 8.61. The van der Waals surface area contributed by atoms with Gasteiger partial charge in [0.1, 0.15) is 5.69 Å². The molecule has 228 valence electrons. The van der Waals surface area contributed by atoms with Crippen LogP contribution in [0, 0.1) is 24.7 Å². The first-order valence-electron chi connectivity index (χ1n) is 14.6. The van der Waals surface area contributed by atoms with E-state index >= 15 is 0 Å². The lowest BCUT2D eigenvalue weighted by Crippen LogP contribution is -2.53. The van der Waals surface area contributed by atoms with Gasteiger partial charge in [0.2, 0.25) is 11.8 Å². The van der Waals surface area contributed by atoms with E-state index in [1.807, 2.05) is 45.0 Å². The molecule has 0 aliphatic carbocycles. The number of ether oxygens (including phenoxy) is 2. The Morgan fingerprint density at radius 3 is 2.40 bits per heavy atom. The van der Waals surface area contributed by atoms with Gasteiger partial charge in [-0.3, -0.25) is 19.2 Å². The van der Waals surface area contributed by atoms with Gasteiger partial charge in [0.25, 0.3) is 11.8 Å². The first kappa shape index (κ1) is 29.9. The number of likely N-dealkylation sites (tertiary alicyclic amines) is 2. The molecule has 0 radical (unpaired) electrons. The number of fused-ring (bicyclic) bond motifs is 2. The fourth-order valence-electron chi connectivity index (χ4n) is 6.14. The molecule has 1 aromatic heterocycles. The number of benzene rings is 2. The number of hydrogen-bond donors (Lipinski definition) is 3. The largest absolute Gasteiger partial charge is 0.493 e. The number of aromatic amines is 1. The van der Waals surface area contributed by atoms with Gasteiger partial charge in [-0.25, -0.2) is 0 Å². The predicted molar refractivity (Wildman–Crippen MR) is 161 cm³/mol. The monoisotopic (exact) mass is 589 g/mol. The van der Waals surface area contributed by atoms with Crippen molar-refractivity contribution in [1.82, 2.24) is 25.4 Å². The van der Waals surface area contributed by atoms with Crippen LogP contribution in [0.25, 0.3) is 10.9 Å². The highest BCUT2D eigenvalue weighted by atomic mass is 16.5. The molecule has 2 saturated heterocycles. The van der Waals surface area contributed by atoms with E-state index in [1.54, 1.807) is 28.0 Å². The van der Waals surface area contributed by atoms with Gasteiger partial charge in [-0.05, 0) is 69.0 Å². The van der Waals surface area contributed by atoms with Crippen molar-refractivity contribution in [3.8, 4) is 11.5 Å². The van der Waals surface area contributed by atoms with E-state index in [0.717, 1.165) is 16.5 Å². The van der Waals surface area contributed by atoms with E-state index < -0.39 is 5.92 Å². The molecule has 3 atom stereocenters. The molecule has 3 unspecified atom stereocenters. The van der Waals surface area contributed by atoms with Gasteiger partial charge >= 0.3 is 0 Å². The number of carbonyl (C=O) groups is 4. The highest BCUT2D eigenvalue weighted by Gasteiger charge is 2.48. The standard InChI is InChI=1S/C32H39N5O6/c1-18(2)43-27-9-7-20(12-28(27)42-5)31(40)36-14-22-15-37(17-24(23(22)16-36)30(39)34-13-29(38)33-4)32(41)26-11-21-10-19(3)6-8-25(21)35-26/h6-12,18,22-24,35H,13-17H2,1-5H3,(H,33,38)(H,34,39). The maximum absolute atomic E-state index is 13.7. The summed E-state index contributed by atoms with van der Waals surface area (Å²) in [5.41, 5.74) is 2.86. The maximum Gasteiger partial charge on any atom is 0.270 e. The fraction of sp³-hybridized carbons (Fsp3) is 0.438. The van der Waals surface area contributed by atoms with Crippen molar-refractivity contribution in [1.29, 1.82) is 0 Å². The highest BCUT2D eigenvalue weighted by molar-refractivity contribution is 5.99. The molecular formula is C32H39N5O6. The Labute approximate surface area is 250 Å². The molecule has 2 aliphatic rings. The summed E-state index contributed by atoms with van der Waals surface area (Å²) in [7, 11) is 3.04. The zero-order valence-corrected chi connectivity index (χ0v) is 25.2.